The molecule has 2 unspecified atom stereocenters. The van der Waals surface area contributed by atoms with Crippen molar-refractivity contribution in [3.8, 4) is 0 Å². The number of amides is 2. The van der Waals surface area contributed by atoms with Crippen molar-refractivity contribution in [2.75, 3.05) is 13.1 Å². The van der Waals surface area contributed by atoms with E-state index in [1.54, 1.807) is 15.9 Å². The lowest BCUT2D eigenvalue weighted by Gasteiger charge is -2.37. The van der Waals surface area contributed by atoms with Gasteiger partial charge in [0.1, 0.15) is 23.6 Å². The predicted octanol–water partition coefficient (Wildman–Crippen LogP) is 3.21. The number of aromatic nitrogens is 1. The molecule has 4 heterocycles. The number of halogens is 2. The minimum absolute atomic E-state index is 0.161. The van der Waals surface area contributed by atoms with Gasteiger partial charge in [0.25, 0.3) is 11.8 Å². The number of carbonyl (C=O) groups excluding carboxylic acids is 2. The van der Waals surface area contributed by atoms with E-state index in [2.05, 4.69) is 5.16 Å². The van der Waals surface area contributed by atoms with Gasteiger partial charge in [0, 0.05) is 44.5 Å². The van der Waals surface area contributed by atoms with Crippen LogP contribution in [0.25, 0.3) is 0 Å². The van der Waals surface area contributed by atoms with Gasteiger partial charge in [-0.05, 0) is 30.5 Å². The molecular weight excluding hydrogens is 408 g/mol. The van der Waals surface area contributed by atoms with Gasteiger partial charge in [-0.15, -0.1) is 0 Å². The van der Waals surface area contributed by atoms with Gasteiger partial charge in [0.15, 0.2) is 11.3 Å². The first-order valence-electron chi connectivity index (χ1n) is 10.6. The van der Waals surface area contributed by atoms with Crippen molar-refractivity contribution >= 4 is 11.8 Å². The third kappa shape index (κ3) is 3.31. The Morgan fingerprint density at radius 3 is 2.52 bits per heavy atom. The maximum Gasteiger partial charge on any atom is 0.276 e. The highest BCUT2D eigenvalue weighted by molar-refractivity contribution is 5.93. The van der Waals surface area contributed by atoms with E-state index in [1.807, 2.05) is 6.92 Å². The standard InChI is InChI=1S/C22H23F2N3O4/c1-2-16-12-17(25-31-16)20(28)26-7-5-22(6-8-26)21(29)27-18(3-4-19(27)30-22)13-9-14(23)11-15(24)10-13/h9-12,18-19H,2-8H2,1H3. The first-order valence-corrected chi connectivity index (χ1v) is 10.6. The molecule has 3 aliphatic heterocycles. The monoisotopic (exact) mass is 431 g/mol. The molecule has 0 N–H and O–H groups in total. The van der Waals surface area contributed by atoms with E-state index in [0.29, 0.717) is 56.5 Å². The predicted molar refractivity (Wildman–Crippen MR) is 104 cm³/mol. The van der Waals surface area contributed by atoms with Crippen molar-refractivity contribution < 1.29 is 27.6 Å². The Morgan fingerprint density at radius 2 is 1.87 bits per heavy atom. The zero-order valence-corrected chi connectivity index (χ0v) is 17.1. The molecule has 0 radical (unpaired) electrons. The Morgan fingerprint density at radius 1 is 1.16 bits per heavy atom. The van der Waals surface area contributed by atoms with Gasteiger partial charge in [-0.1, -0.05) is 12.1 Å². The largest absolute Gasteiger partial charge is 0.361 e. The van der Waals surface area contributed by atoms with Crippen LogP contribution < -0.4 is 0 Å². The lowest BCUT2D eigenvalue weighted by atomic mass is 9.89. The van der Waals surface area contributed by atoms with E-state index in [0.717, 1.165) is 6.07 Å². The number of fused-ring (bicyclic) bond motifs is 1. The highest BCUT2D eigenvalue weighted by atomic mass is 19.1. The summed E-state index contributed by atoms with van der Waals surface area (Å²) >= 11 is 0. The summed E-state index contributed by atoms with van der Waals surface area (Å²) in [6.45, 7) is 2.64. The molecule has 1 spiro atoms. The number of hydrogen-bond donors (Lipinski definition) is 0. The Kier molecular flexibility index (Phi) is 4.80. The van der Waals surface area contributed by atoms with Gasteiger partial charge in [-0.25, -0.2) is 8.78 Å². The molecule has 1 aromatic carbocycles. The van der Waals surface area contributed by atoms with Crippen molar-refractivity contribution in [3.63, 3.8) is 0 Å². The third-order valence-corrected chi connectivity index (χ3v) is 6.57. The van der Waals surface area contributed by atoms with Gasteiger partial charge >= 0.3 is 0 Å². The zero-order valence-electron chi connectivity index (χ0n) is 17.1. The first-order chi connectivity index (χ1) is 14.9. The number of benzene rings is 1. The van der Waals surface area contributed by atoms with Gasteiger partial charge in [-0.3, -0.25) is 9.59 Å². The van der Waals surface area contributed by atoms with Crippen LogP contribution in [0.4, 0.5) is 8.78 Å². The van der Waals surface area contributed by atoms with Crippen molar-refractivity contribution in [2.45, 2.75) is 56.9 Å². The molecule has 5 rings (SSSR count). The second-order valence-corrected chi connectivity index (χ2v) is 8.40. The first kappa shape index (κ1) is 20.1. The normalized spacial score (nSPS) is 24.8. The smallest absolute Gasteiger partial charge is 0.276 e. The Balaban J connectivity index is 1.30. The van der Waals surface area contributed by atoms with Crippen LogP contribution in [0.15, 0.2) is 28.8 Å². The van der Waals surface area contributed by atoms with Crippen molar-refractivity contribution in [2.24, 2.45) is 0 Å². The molecule has 0 bridgehead atoms. The number of nitrogens with zero attached hydrogens (tertiary/aromatic N) is 3. The van der Waals surface area contributed by atoms with Crippen LogP contribution >= 0.6 is 0 Å². The average molecular weight is 431 g/mol. The minimum Gasteiger partial charge on any atom is -0.361 e. The van der Waals surface area contributed by atoms with Gasteiger partial charge in [0.2, 0.25) is 0 Å². The number of carbonyl (C=O) groups is 2. The molecule has 0 aliphatic carbocycles. The van der Waals surface area contributed by atoms with Crippen molar-refractivity contribution in [1.29, 1.82) is 0 Å². The summed E-state index contributed by atoms with van der Waals surface area (Å²) < 4.78 is 38.8. The van der Waals surface area contributed by atoms with Gasteiger partial charge < -0.3 is 19.1 Å². The summed E-state index contributed by atoms with van der Waals surface area (Å²) in [7, 11) is 0. The molecule has 9 heteroatoms. The van der Waals surface area contributed by atoms with E-state index < -0.39 is 29.5 Å². The average Bonchev–Trinajstić information content (AvgIpc) is 3.44. The molecular formula is C22H23F2N3O4. The molecule has 7 nitrogen and oxygen atoms in total. The van der Waals surface area contributed by atoms with E-state index in [-0.39, 0.29) is 17.5 Å². The fourth-order valence-electron chi connectivity index (χ4n) is 4.95. The maximum atomic E-state index is 13.7. The Bertz CT molecular complexity index is 1010. The molecule has 3 fully saturated rings. The molecule has 2 aromatic rings. The number of piperidine rings is 1. The van der Waals surface area contributed by atoms with Crippen molar-refractivity contribution in [1.82, 2.24) is 15.0 Å². The van der Waals surface area contributed by atoms with Crippen LogP contribution in [0, 0.1) is 11.6 Å². The van der Waals surface area contributed by atoms with Crippen LogP contribution in [-0.4, -0.2) is 51.7 Å². The quantitative estimate of drug-likeness (QED) is 0.746. The summed E-state index contributed by atoms with van der Waals surface area (Å²) in [4.78, 5) is 29.4. The van der Waals surface area contributed by atoms with Crippen LogP contribution in [0.3, 0.4) is 0 Å². The second kappa shape index (κ2) is 7.40. The number of ether oxygens (including phenoxy) is 1. The van der Waals surface area contributed by atoms with Crippen molar-refractivity contribution in [3.05, 3.63) is 52.9 Å². The zero-order chi connectivity index (χ0) is 21.8. The number of rotatable bonds is 3. The molecule has 2 atom stereocenters. The SMILES string of the molecule is CCc1cc(C(=O)N2CCC3(CC2)OC2CCC(c4cc(F)cc(F)c4)N2C3=O)no1. The lowest BCUT2D eigenvalue weighted by molar-refractivity contribution is -0.142. The summed E-state index contributed by atoms with van der Waals surface area (Å²) in [5.41, 5.74) is -0.288. The Hall–Kier alpha value is -2.81. The highest BCUT2D eigenvalue weighted by Gasteiger charge is 2.58. The summed E-state index contributed by atoms with van der Waals surface area (Å²) in [5.74, 6) is -1.06. The number of aryl methyl sites for hydroxylation is 1. The third-order valence-electron chi connectivity index (χ3n) is 6.57. The fourth-order valence-corrected chi connectivity index (χ4v) is 4.95. The van der Waals surface area contributed by atoms with Crippen LogP contribution in [0.2, 0.25) is 0 Å². The second-order valence-electron chi connectivity index (χ2n) is 8.40. The minimum atomic E-state index is -0.996. The van der Waals surface area contributed by atoms with E-state index in [9.17, 15) is 18.4 Å². The van der Waals surface area contributed by atoms with Gasteiger partial charge in [-0.2, -0.15) is 0 Å². The van der Waals surface area contributed by atoms with E-state index >= 15 is 0 Å². The molecule has 3 aliphatic rings. The fraction of sp³-hybridized carbons (Fsp3) is 0.500. The lowest BCUT2D eigenvalue weighted by Crippen LogP contribution is -2.51. The number of likely N-dealkylation sites (tertiary alicyclic amines) is 1. The summed E-state index contributed by atoms with van der Waals surface area (Å²) in [6, 6.07) is 4.61. The van der Waals surface area contributed by atoms with Crippen LogP contribution in [-0.2, 0) is 16.0 Å². The summed E-state index contributed by atoms with van der Waals surface area (Å²) in [5, 5.41) is 3.84. The molecule has 31 heavy (non-hydrogen) atoms. The molecule has 164 valence electrons. The molecule has 1 aromatic heterocycles. The van der Waals surface area contributed by atoms with E-state index in [4.69, 9.17) is 9.26 Å². The Labute approximate surface area is 177 Å². The van der Waals surface area contributed by atoms with Gasteiger partial charge in [0.05, 0.1) is 6.04 Å². The van der Waals surface area contributed by atoms with Crippen LogP contribution in [0.5, 0.6) is 0 Å². The maximum absolute atomic E-state index is 13.7. The molecule has 2 amide bonds. The summed E-state index contributed by atoms with van der Waals surface area (Å²) in [6.07, 6.45) is 2.18. The van der Waals surface area contributed by atoms with E-state index in [1.165, 1.54) is 12.1 Å². The topological polar surface area (TPSA) is 75.9 Å². The van der Waals surface area contributed by atoms with Crippen LogP contribution in [0.1, 0.15) is 60.5 Å². The molecule has 0 saturated carbocycles. The number of hydrogen-bond acceptors (Lipinski definition) is 5. The highest BCUT2D eigenvalue weighted by Crippen LogP contribution is 2.47. The molecule has 3 saturated heterocycles.